The van der Waals surface area contributed by atoms with Crippen molar-refractivity contribution in [2.75, 3.05) is 4.90 Å². The Bertz CT molecular complexity index is 1410. The lowest BCUT2D eigenvalue weighted by atomic mass is 9.92. The Kier molecular flexibility index (Phi) is 5.45. The summed E-state index contributed by atoms with van der Waals surface area (Å²) in [5.74, 6) is 0.310. The van der Waals surface area contributed by atoms with Gasteiger partial charge in [0.1, 0.15) is 5.82 Å². The summed E-state index contributed by atoms with van der Waals surface area (Å²) in [5.41, 5.74) is 5.62. The third-order valence-corrected chi connectivity index (χ3v) is 6.10. The Hall–Kier alpha value is -4.26. The fourth-order valence-corrected chi connectivity index (χ4v) is 4.18. The predicted octanol–water partition coefficient (Wildman–Crippen LogP) is 6.19. The average Bonchev–Trinajstić information content (AvgIpc) is 3.31. The number of amides is 2. The summed E-state index contributed by atoms with van der Waals surface area (Å²) >= 11 is 0. The molecular weight excluding hydrogens is 431 g/mol. The van der Waals surface area contributed by atoms with Crippen molar-refractivity contribution < 1.29 is 13.7 Å². The number of aromatic nitrogens is 2. The van der Waals surface area contributed by atoms with Crippen molar-refractivity contribution >= 4 is 17.3 Å². The van der Waals surface area contributed by atoms with Gasteiger partial charge in [-0.2, -0.15) is 4.98 Å². The van der Waals surface area contributed by atoms with Crippen molar-refractivity contribution in [2.24, 2.45) is 0 Å². The van der Waals surface area contributed by atoms with E-state index in [1.165, 1.54) is 17.0 Å². The maximum Gasteiger partial charge on any atom is 0.327 e. The van der Waals surface area contributed by atoms with E-state index < -0.39 is 11.9 Å². The van der Waals surface area contributed by atoms with Crippen molar-refractivity contribution in [2.45, 2.75) is 26.8 Å². The van der Waals surface area contributed by atoms with Gasteiger partial charge in [-0.15, -0.1) is 0 Å². The summed E-state index contributed by atoms with van der Waals surface area (Å²) in [6.45, 7) is 5.87. The van der Waals surface area contributed by atoms with E-state index in [4.69, 9.17) is 4.52 Å². The van der Waals surface area contributed by atoms with Crippen molar-refractivity contribution in [1.82, 2.24) is 15.5 Å². The van der Waals surface area contributed by atoms with Crippen LogP contribution in [0.25, 0.3) is 17.0 Å². The van der Waals surface area contributed by atoms with E-state index in [0.29, 0.717) is 28.7 Å². The molecule has 0 saturated heterocycles. The molecule has 5 rings (SSSR count). The highest BCUT2D eigenvalue weighted by Crippen LogP contribution is 2.39. The molecule has 1 aromatic heterocycles. The summed E-state index contributed by atoms with van der Waals surface area (Å²) in [4.78, 5) is 19.3. The summed E-state index contributed by atoms with van der Waals surface area (Å²) in [6, 6.07) is 20.6. The van der Waals surface area contributed by atoms with Crippen LogP contribution >= 0.6 is 0 Å². The highest BCUT2D eigenvalue weighted by atomic mass is 19.1. The Morgan fingerprint density at radius 2 is 1.74 bits per heavy atom. The molecule has 0 radical (unpaired) electrons. The number of benzene rings is 3. The van der Waals surface area contributed by atoms with E-state index in [0.717, 1.165) is 22.3 Å². The third-order valence-electron chi connectivity index (χ3n) is 6.10. The van der Waals surface area contributed by atoms with Crippen LogP contribution in [0.5, 0.6) is 0 Å². The minimum Gasteiger partial charge on any atom is -0.334 e. The highest BCUT2D eigenvalue weighted by Gasteiger charge is 2.36. The SMILES string of the molecule is CC1=C(c2nc(-c3ccccc3)no2)C(c2ccc(C)c(C)c2)NC(=O)N1c1cccc(F)c1. The molecule has 1 aliphatic heterocycles. The first-order valence-electron chi connectivity index (χ1n) is 11.0. The van der Waals surface area contributed by atoms with Gasteiger partial charge in [-0.1, -0.05) is 59.8 Å². The van der Waals surface area contributed by atoms with E-state index in [1.807, 2.05) is 62.4 Å². The molecule has 1 unspecified atom stereocenters. The maximum absolute atomic E-state index is 14.0. The molecule has 2 heterocycles. The zero-order valence-electron chi connectivity index (χ0n) is 19.0. The normalized spacial score (nSPS) is 16.1. The Morgan fingerprint density at radius 1 is 0.941 bits per heavy atom. The lowest BCUT2D eigenvalue weighted by Crippen LogP contribution is -2.46. The molecule has 0 saturated carbocycles. The fourth-order valence-electron chi connectivity index (χ4n) is 4.18. The number of hydrogen-bond acceptors (Lipinski definition) is 4. The number of hydrogen-bond donors (Lipinski definition) is 1. The number of carbonyl (C=O) groups is 1. The van der Waals surface area contributed by atoms with Gasteiger partial charge >= 0.3 is 6.03 Å². The molecule has 1 aliphatic rings. The minimum absolute atomic E-state index is 0.293. The maximum atomic E-state index is 14.0. The highest BCUT2D eigenvalue weighted by molar-refractivity contribution is 6.01. The summed E-state index contributed by atoms with van der Waals surface area (Å²) in [7, 11) is 0. The van der Waals surface area contributed by atoms with Crippen molar-refractivity contribution in [3.63, 3.8) is 0 Å². The van der Waals surface area contributed by atoms with E-state index in [-0.39, 0.29) is 6.03 Å². The zero-order valence-corrected chi connectivity index (χ0v) is 19.0. The number of anilines is 1. The second-order valence-electron chi connectivity index (χ2n) is 8.33. The van der Waals surface area contributed by atoms with Gasteiger partial charge in [-0.3, -0.25) is 4.90 Å². The lowest BCUT2D eigenvalue weighted by molar-refractivity contribution is 0.244. The number of carbonyl (C=O) groups excluding carboxylic acids is 1. The van der Waals surface area contributed by atoms with Gasteiger partial charge in [0.05, 0.1) is 17.3 Å². The van der Waals surface area contributed by atoms with Crippen LogP contribution in [0.3, 0.4) is 0 Å². The first-order valence-corrected chi connectivity index (χ1v) is 11.0. The van der Waals surface area contributed by atoms with Crippen LogP contribution < -0.4 is 10.2 Å². The van der Waals surface area contributed by atoms with Crippen LogP contribution in [-0.2, 0) is 0 Å². The van der Waals surface area contributed by atoms with Crippen LogP contribution in [0.2, 0.25) is 0 Å². The number of urea groups is 1. The number of rotatable bonds is 4. The Balaban J connectivity index is 1.68. The molecule has 6 nitrogen and oxygen atoms in total. The topological polar surface area (TPSA) is 71.3 Å². The van der Waals surface area contributed by atoms with Gasteiger partial charge < -0.3 is 9.84 Å². The smallest absolute Gasteiger partial charge is 0.327 e. The zero-order chi connectivity index (χ0) is 23.8. The largest absolute Gasteiger partial charge is 0.334 e. The van der Waals surface area contributed by atoms with Gasteiger partial charge in [0.2, 0.25) is 5.82 Å². The van der Waals surface area contributed by atoms with Crippen LogP contribution in [0.1, 0.15) is 35.5 Å². The molecule has 7 heteroatoms. The molecule has 1 N–H and O–H groups in total. The van der Waals surface area contributed by atoms with Crippen molar-refractivity contribution in [3.8, 4) is 11.4 Å². The van der Waals surface area contributed by atoms with Crippen LogP contribution in [0.15, 0.2) is 83.0 Å². The molecule has 3 aromatic carbocycles. The minimum atomic E-state index is -0.513. The van der Waals surface area contributed by atoms with Crippen LogP contribution in [-0.4, -0.2) is 16.2 Å². The van der Waals surface area contributed by atoms with Gasteiger partial charge in [0.15, 0.2) is 0 Å². The summed E-state index contributed by atoms with van der Waals surface area (Å²) in [6.07, 6.45) is 0. The van der Waals surface area contributed by atoms with Gasteiger partial charge in [0, 0.05) is 11.3 Å². The molecule has 1 atom stereocenters. The lowest BCUT2D eigenvalue weighted by Gasteiger charge is -2.35. The number of halogens is 1. The molecule has 34 heavy (non-hydrogen) atoms. The average molecular weight is 455 g/mol. The number of nitrogens with zero attached hydrogens (tertiary/aromatic N) is 3. The molecule has 0 bridgehead atoms. The number of nitrogens with one attached hydrogen (secondary N) is 1. The van der Waals surface area contributed by atoms with Gasteiger partial charge in [-0.25, -0.2) is 9.18 Å². The molecule has 0 fully saturated rings. The van der Waals surface area contributed by atoms with Crippen molar-refractivity contribution in [3.05, 3.63) is 107 Å². The van der Waals surface area contributed by atoms with Gasteiger partial charge in [-0.05, 0) is 55.7 Å². The van der Waals surface area contributed by atoms with Crippen LogP contribution in [0, 0.1) is 19.7 Å². The van der Waals surface area contributed by atoms with Crippen molar-refractivity contribution in [1.29, 1.82) is 0 Å². The standard InChI is InChI=1S/C27H23FN4O2/c1-16-12-13-20(14-17(16)2)24-23(26-30-25(31-34-26)19-8-5-4-6-9-19)18(3)32(27(33)29-24)22-11-7-10-21(28)15-22/h4-15,24H,1-3H3,(H,29,33). The van der Waals surface area contributed by atoms with E-state index in [2.05, 4.69) is 15.5 Å². The second kappa shape index (κ2) is 8.59. The first-order chi connectivity index (χ1) is 16.4. The van der Waals surface area contributed by atoms with Crippen LogP contribution in [0.4, 0.5) is 14.9 Å². The Morgan fingerprint density at radius 3 is 2.47 bits per heavy atom. The fraction of sp³-hybridized carbons (Fsp3) is 0.148. The Labute approximate surface area is 196 Å². The number of aryl methyl sites for hydroxylation is 2. The monoisotopic (exact) mass is 454 g/mol. The molecule has 4 aromatic rings. The number of allylic oxidation sites excluding steroid dienone is 1. The summed E-state index contributed by atoms with van der Waals surface area (Å²) in [5, 5.41) is 7.23. The third kappa shape index (κ3) is 3.85. The predicted molar refractivity (Wildman–Crippen MR) is 128 cm³/mol. The summed E-state index contributed by atoms with van der Waals surface area (Å²) < 4.78 is 19.7. The molecule has 0 aliphatic carbocycles. The quantitative estimate of drug-likeness (QED) is 0.399. The van der Waals surface area contributed by atoms with E-state index >= 15 is 0 Å². The first kappa shape index (κ1) is 21.6. The van der Waals surface area contributed by atoms with E-state index in [9.17, 15) is 9.18 Å². The molecule has 170 valence electrons. The van der Waals surface area contributed by atoms with Gasteiger partial charge in [0.25, 0.3) is 5.89 Å². The molecular formula is C27H23FN4O2. The second-order valence-corrected chi connectivity index (χ2v) is 8.33. The molecule has 2 amide bonds. The van der Waals surface area contributed by atoms with E-state index in [1.54, 1.807) is 19.1 Å². The molecule has 0 spiro atoms.